The van der Waals surface area contributed by atoms with Crippen LogP contribution in [0.4, 0.5) is 10.6 Å². The van der Waals surface area contributed by atoms with Crippen LogP contribution < -0.4 is 16.0 Å². The molecule has 0 unspecified atom stereocenters. The first-order valence-electron chi connectivity index (χ1n) is 8.02. The molecule has 0 atom stereocenters. The summed E-state index contributed by atoms with van der Waals surface area (Å²) in [6.07, 6.45) is 4.69. The summed E-state index contributed by atoms with van der Waals surface area (Å²) in [6.45, 7) is 1.07. The highest BCUT2D eigenvalue weighted by atomic mass is 16.2. The molecule has 3 heterocycles. The van der Waals surface area contributed by atoms with E-state index in [4.69, 9.17) is 5.73 Å². The SMILES string of the molecule is NC(=O)CN1CCN(c2ccc(CNC(=O)c3cccnc3)cn2)C1=O. The van der Waals surface area contributed by atoms with Crippen LogP contribution in [-0.4, -0.2) is 52.3 Å². The smallest absolute Gasteiger partial charge is 0.326 e. The summed E-state index contributed by atoms with van der Waals surface area (Å²) in [5.74, 6) is -0.281. The van der Waals surface area contributed by atoms with Crippen molar-refractivity contribution in [2.75, 3.05) is 24.5 Å². The zero-order valence-electron chi connectivity index (χ0n) is 14.0. The first-order valence-corrected chi connectivity index (χ1v) is 8.02. The first-order chi connectivity index (χ1) is 12.5. The average Bonchev–Trinajstić information content (AvgIpc) is 3.01. The van der Waals surface area contributed by atoms with Gasteiger partial charge >= 0.3 is 6.03 Å². The molecule has 4 amide bonds. The molecule has 1 fully saturated rings. The van der Waals surface area contributed by atoms with Gasteiger partial charge < -0.3 is 16.0 Å². The Bertz CT molecular complexity index is 809. The fourth-order valence-corrected chi connectivity index (χ4v) is 2.59. The molecule has 0 bridgehead atoms. The third kappa shape index (κ3) is 3.94. The quantitative estimate of drug-likeness (QED) is 0.764. The van der Waals surface area contributed by atoms with Gasteiger partial charge in [0.1, 0.15) is 12.4 Å². The molecule has 0 radical (unpaired) electrons. The number of carbonyl (C=O) groups excluding carboxylic acids is 3. The van der Waals surface area contributed by atoms with E-state index >= 15 is 0 Å². The van der Waals surface area contributed by atoms with Crippen LogP contribution >= 0.6 is 0 Å². The number of urea groups is 1. The van der Waals surface area contributed by atoms with Gasteiger partial charge in [-0.1, -0.05) is 6.07 Å². The highest BCUT2D eigenvalue weighted by Crippen LogP contribution is 2.18. The van der Waals surface area contributed by atoms with Crippen molar-refractivity contribution in [1.29, 1.82) is 0 Å². The van der Waals surface area contributed by atoms with E-state index in [0.29, 0.717) is 31.0 Å². The number of hydrogen-bond acceptors (Lipinski definition) is 5. The number of carbonyl (C=O) groups is 3. The number of amides is 4. The Balaban J connectivity index is 1.58. The van der Waals surface area contributed by atoms with Crippen LogP contribution in [0.3, 0.4) is 0 Å². The second-order valence-electron chi connectivity index (χ2n) is 5.77. The van der Waals surface area contributed by atoms with Crippen molar-refractivity contribution in [3.05, 3.63) is 54.0 Å². The fraction of sp³-hybridized carbons (Fsp3) is 0.235. The third-order valence-corrected chi connectivity index (χ3v) is 3.90. The number of primary amides is 1. The van der Waals surface area contributed by atoms with Crippen LogP contribution in [0.1, 0.15) is 15.9 Å². The molecule has 3 N–H and O–H groups in total. The van der Waals surface area contributed by atoms with Gasteiger partial charge in [-0.05, 0) is 23.8 Å². The van der Waals surface area contributed by atoms with Crippen LogP contribution in [0.2, 0.25) is 0 Å². The molecular weight excluding hydrogens is 336 g/mol. The number of nitrogens with one attached hydrogen (secondary N) is 1. The Labute approximate surface area is 149 Å². The van der Waals surface area contributed by atoms with E-state index in [1.54, 1.807) is 36.7 Å². The summed E-state index contributed by atoms with van der Waals surface area (Å²) in [7, 11) is 0. The lowest BCUT2D eigenvalue weighted by Crippen LogP contribution is -2.37. The third-order valence-electron chi connectivity index (χ3n) is 3.90. The monoisotopic (exact) mass is 354 g/mol. The molecular formula is C17H18N6O3. The maximum absolute atomic E-state index is 12.2. The van der Waals surface area contributed by atoms with Crippen molar-refractivity contribution < 1.29 is 14.4 Å². The molecule has 9 heteroatoms. The Hall–Kier alpha value is -3.49. The summed E-state index contributed by atoms with van der Waals surface area (Å²) < 4.78 is 0. The van der Waals surface area contributed by atoms with Gasteiger partial charge in [-0.15, -0.1) is 0 Å². The van der Waals surface area contributed by atoms with Gasteiger partial charge in [0.05, 0.1) is 5.56 Å². The predicted octanol–water partition coefficient (Wildman–Crippen LogP) is 0.134. The Morgan fingerprint density at radius 1 is 1.19 bits per heavy atom. The van der Waals surface area contributed by atoms with Crippen molar-refractivity contribution in [1.82, 2.24) is 20.2 Å². The molecule has 1 aliphatic rings. The van der Waals surface area contributed by atoms with E-state index in [9.17, 15) is 14.4 Å². The summed E-state index contributed by atoms with van der Waals surface area (Å²) in [5, 5.41) is 2.78. The van der Waals surface area contributed by atoms with Gasteiger partial charge in [0.25, 0.3) is 5.91 Å². The zero-order chi connectivity index (χ0) is 18.5. The van der Waals surface area contributed by atoms with Crippen molar-refractivity contribution in [3.8, 4) is 0 Å². The number of rotatable bonds is 6. The maximum Gasteiger partial charge on any atom is 0.326 e. The van der Waals surface area contributed by atoms with E-state index in [-0.39, 0.29) is 18.5 Å². The molecule has 26 heavy (non-hydrogen) atoms. The van der Waals surface area contributed by atoms with Gasteiger partial charge in [0.15, 0.2) is 0 Å². The molecule has 0 aliphatic carbocycles. The Kier molecular flexibility index (Phi) is 5.07. The molecule has 134 valence electrons. The van der Waals surface area contributed by atoms with Crippen LogP contribution in [0.5, 0.6) is 0 Å². The first kappa shape index (κ1) is 17.3. The van der Waals surface area contributed by atoms with Crippen LogP contribution in [0.25, 0.3) is 0 Å². The minimum Gasteiger partial charge on any atom is -0.368 e. The number of pyridine rings is 2. The van der Waals surface area contributed by atoms with E-state index in [0.717, 1.165) is 5.56 Å². The molecule has 1 aliphatic heterocycles. The molecule has 1 saturated heterocycles. The summed E-state index contributed by atoms with van der Waals surface area (Å²) >= 11 is 0. The second-order valence-corrected chi connectivity index (χ2v) is 5.77. The lowest BCUT2D eigenvalue weighted by molar-refractivity contribution is -0.118. The Morgan fingerprint density at radius 3 is 2.69 bits per heavy atom. The van der Waals surface area contributed by atoms with Crippen molar-refractivity contribution in [3.63, 3.8) is 0 Å². The standard InChI is InChI=1S/C17H18N6O3/c18-14(24)11-22-6-7-23(17(22)26)15-4-3-12(8-20-15)9-21-16(25)13-2-1-5-19-10-13/h1-5,8,10H,6-7,9,11H2,(H2,18,24)(H,21,25). The van der Waals surface area contributed by atoms with Crippen LogP contribution in [-0.2, 0) is 11.3 Å². The lowest BCUT2D eigenvalue weighted by Gasteiger charge is -2.17. The van der Waals surface area contributed by atoms with Crippen molar-refractivity contribution in [2.24, 2.45) is 5.73 Å². The number of nitrogens with zero attached hydrogens (tertiary/aromatic N) is 4. The number of aromatic nitrogens is 2. The fourth-order valence-electron chi connectivity index (χ4n) is 2.59. The van der Waals surface area contributed by atoms with Crippen molar-refractivity contribution in [2.45, 2.75) is 6.54 Å². The Morgan fingerprint density at radius 2 is 2.04 bits per heavy atom. The highest BCUT2D eigenvalue weighted by molar-refractivity contribution is 5.95. The predicted molar refractivity (Wildman–Crippen MR) is 93.2 cm³/mol. The van der Waals surface area contributed by atoms with E-state index in [1.807, 2.05) is 0 Å². The lowest BCUT2D eigenvalue weighted by atomic mass is 10.2. The molecule has 3 rings (SSSR count). The second kappa shape index (κ2) is 7.60. The van der Waals surface area contributed by atoms with Crippen molar-refractivity contribution >= 4 is 23.7 Å². The number of anilines is 1. The molecule has 2 aromatic heterocycles. The number of nitrogens with two attached hydrogens (primary N) is 1. The van der Waals surface area contributed by atoms with Gasteiger partial charge in [-0.25, -0.2) is 9.78 Å². The molecule has 0 spiro atoms. The summed E-state index contributed by atoms with van der Waals surface area (Å²) in [6, 6.07) is 6.57. The minimum absolute atomic E-state index is 0.103. The highest BCUT2D eigenvalue weighted by Gasteiger charge is 2.30. The van der Waals surface area contributed by atoms with Gasteiger partial charge in [-0.3, -0.25) is 19.5 Å². The van der Waals surface area contributed by atoms with Gasteiger partial charge in [0.2, 0.25) is 5.91 Å². The van der Waals surface area contributed by atoms with E-state index in [1.165, 1.54) is 16.0 Å². The molecule has 2 aromatic rings. The van der Waals surface area contributed by atoms with Gasteiger partial charge in [0, 0.05) is 38.2 Å². The molecule has 0 saturated carbocycles. The largest absolute Gasteiger partial charge is 0.368 e. The van der Waals surface area contributed by atoms with E-state index < -0.39 is 5.91 Å². The van der Waals surface area contributed by atoms with E-state index in [2.05, 4.69) is 15.3 Å². The number of hydrogen-bond donors (Lipinski definition) is 2. The van der Waals surface area contributed by atoms with Gasteiger partial charge in [-0.2, -0.15) is 0 Å². The molecule has 9 nitrogen and oxygen atoms in total. The average molecular weight is 354 g/mol. The zero-order valence-corrected chi connectivity index (χ0v) is 14.0. The molecule has 0 aromatic carbocycles. The minimum atomic E-state index is -0.548. The van der Waals surface area contributed by atoms with Crippen LogP contribution in [0, 0.1) is 0 Å². The summed E-state index contributed by atoms with van der Waals surface area (Å²) in [5.41, 5.74) is 6.41. The maximum atomic E-state index is 12.2. The summed E-state index contributed by atoms with van der Waals surface area (Å²) in [4.78, 5) is 46.3. The normalized spacial score (nSPS) is 13.8. The van der Waals surface area contributed by atoms with Crippen LogP contribution in [0.15, 0.2) is 42.9 Å². The topological polar surface area (TPSA) is 122 Å².